The first-order chi connectivity index (χ1) is 26.5. The van der Waals surface area contributed by atoms with Crippen molar-refractivity contribution < 1.29 is 0 Å². The fourth-order valence-corrected chi connectivity index (χ4v) is 11.5. The predicted octanol–water partition coefficient (Wildman–Crippen LogP) is 15.4. The van der Waals surface area contributed by atoms with Crippen LogP contribution in [0.25, 0.3) is 120 Å². The maximum Gasteiger partial charge on any atom is 0.0668 e. The number of aromatic nitrogens is 3. The van der Waals surface area contributed by atoms with Gasteiger partial charge in [0.15, 0.2) is 0 Å². The van der Waals surface area contributed by atoms with Crippen LogP contribution in [0.1, 0.15) is 0 Å². The van der Waals surface area contributed by atoms with E-state index in [9.17, 15) is 0 Å². The Morgan fingerprint density at radius 2 is 0.926 bits per heavy atom. The summed E-state index contributed by atoms with van der Waals surface area (Å²) in [5, 5.41) is 15.4. The van der Waals surface area contributed by atoms with Crippen molar-refractivity contribution in [1.29, 1.82) is 0 Å². The monoisotopic (exact) mass is 1020 g/mol. The predicted molar refractivity (Wildman–Crippen MR) is 257 cm³/mol. The van der Waals surface area contributed by atoms with Gasteiger partial charge >= 0.3 is 0 Å². The summed E-state index contributed by atoms with van der Waals surface area (Å²) in [7, 11) is 0. The van der Waals surface area contributed by atoms with Gasteiger partial charge in [0.05, 0.1) is 102 Å². The van der Waals surface area contributed by atoms with Crippen LogP contribution in [-0.2, 0) is 0 Å². The quantitative estimate of drug-likeness (QED) is 0.153. The second-order valence-corrected chi connectivity index (χ2v) is 17.2. The molecule has 254 valence electrons. The van der Waals surface area contributed by atoms with E-state index in [2.05, 4.69) is 235 Å². The highest BCUT2D eigenvalue weighted by atomic mass is 127. The molecule has 0 saturated carbocycles. The molecular formula is C48H26I3N3. The Morgan fingerprint density at radius 1 is 0.296 bits per heavy atom. The summed E-state index contributed by atoms with van der Waals surface area (Å²) >= 11 is 7.40. The highest BCUT2D eigenvalue weighted by Gasteiger charge is 2.18. The van der Waals surface area contributed by atoms with E-state index in [0.29, 0.717) is 0 Å². The Balaban J connectivity index is 1.00. The summed E-state index contributed by atoms with van der Waals surface area (Å²) in [6, 6.07) is 58.9. The van der Waals surface area contributed by atoms with Crippen LogP contribution in [-0.4, -0.2) is 8.34 Å². The van der Waals surface area contributed by atoms with Gasteiger partial charge in [-0.15, -0.1) is 0 Å². The molecule has 3 aromatic heterocycles. The lowest BCUT2D eigenvalue weighted by atomic mass is 9.94. The number of para-hydroxylation sites is 1. The molecule has 12 aromatic rings. The first-order valence-corrected chi connectivity index (χ1v) is 20.8. The van der Waals surface area contributed by atoms with E-state index in [4.69, 9.17) is 0 Å². The van der Waals surface area contributed by atoms with Crippen molar-refractivity contribution in [2.24, 2.45) is 0 Å². The Bertz CT molecular complexity index is 3610. The number of hydrogen-bond acceptors (Lipinski definition) is 0. The zero-order chi connectivity index (χ0) is 35.8. The molecule has 0 amide bonds. The summed E-state index contributed by atoms with van der Waals surface area (Å²) in [5.74, 6) is 0. The first kappa shape index (κ1) is 31.7. The highest BCUT2D eigenvalue weighted by Crippen LogP contribution is 2.43. The average Bonchev–Trinajstić information content (AvgIpc) is 3.79. The van der Waals surface area contributed by atoms with Gasteiger partial charge in [0.25, 0.3) is 0 Å². The van der Waals surface area contributed by atoms with Crippen LogP contribution in [0.3, 0.4) is 0 Å². The van der Waals surface area contributed by atoms with Gasteiger partial charge < -0.3 is 0 Å². The third kappa shape index (κ3) is 4.38. The molecule has 12 rings (SSSR count). The van der Waals surface area contributed by atoms with Crippen LogP contribution in [0, 0.1) is 0 Å². The van der Waals surface area contributed by atoms with Crippen LogP contribution >= 0.6 is 68.6 Å². The molecule has 0 atom stereocenters. The number of rotatable bonds is 2. The van der Waals surface area contributed by atoms with Crippen LogP contribution in [0.15, 0.2) is 158 Å². The molecule has 0 aliphatic heterocycles. The lowest BCUT2D eigenvalue weighted by Gasteiger charge is -2.09. The van der Waals surface area contributed by atoms with Crippen molar-refractivity contribution in [2.75, 3.05) is 0 Å². The van der Waals surface area contributed by atoms with Crippen molar-refractivity contribution in [1.82, 2.24) is 8.34 Å². The number of nitrogens with zero attached hydrogens (tertiary/aromatic N) is 3. The molecule has 0 aliphatic carbocycles. The maximum absolute atomic E-state index is 2.49. The number of hydrogen-bond donors (Lipinski definition) is 0. The van der Waals surface area contributed by atoms with E-state index >= 15 is 0 Å². The summed E-state index contributed by atoms with van der Waals surface area (Å²) in [5.41, 5.74) is 12.4. The standard InChI is InChI=1S/C48H26I3N3/c49-52-42-11-4-3-8-36(42)41-23-32-22-28(12-13-30(32)25-46(41)52)29-15-19-40-45(24-29)53(50)43-21-20-35-33(9-5-10-38(35)47(40)43)31-16-17-37-39-18-14-27-6-1-2-7-34(27)48(39)54(51)44(37)26-31/h1-26H. The summed E-state index contributed by atoms with van der Waals surface area (Å²) in [4.78, 5) is 0. The molecule has 54 heavy (non-hydrogen) atoms. The lowest BCUT2D eigenvalue weighted by molar-refractivity contribution is 1.49. The van der Waals surface area contributed by atoms with E-state index in [1.807, 2.05) is 0 Å². The largest absolute Gasteiger partial charge is 0.282 e. The Labute approximate surface area is 351 Å². The van der Waals surface area contributed by atoms with E-state index in [1.54, 1.807) is 0 Å². The van der Waals surface area contributed by atoms with E-state index < -0.39 is 0 Å². The SMILES string of the molecule is In1c2ccccc2c2cc3cc(-c4ccc5c6c7cccc(-c8ccc9c%10ccc%11ccccc%11c%10n(I)c9c8)c7ccc6n(I)c5c4)ccc3cc21. The van der Waals surface area contributed by atoms with Gasteiger partial charge in [-0.3, -0.25) is 8.34 Å². The fourth-order valence-electron chi connectivity index (χ4n) is 9.00. The van der Waals surface area contributed by atoms with Gasteiger partial charge in [-0.2, -0.15) is 0 Å². The molecule has 0 unspecified atom stereocenters. The van der Waals surface area contributed by atoms with E-state index in [-0.39, 0.29) is 0 Å². The minimum Gasteiger partial charge on any atom is -0.282 e. The molecule has 3 nitrogen and oxygen atoms in total. The maximum atomic E-state index is 2.49. The third-order valence-electron chi connectivity index (χ3n) is 11.5. The van der Waals surface area contributed by atoms with Crippen molar-refractivity contribution in [3.8, 4) is 22.3 Å². The topological polar surface area (TPSA) is 14.8 Å². The first-order valence-electron chi connectivity index (χ1n) is 17.9. The second kappa shape index (κ2) is 11.7. The average molecular weight is 1030 g/mol. The van der Waals surface area contributed by atoms with E-state index in [1.165, 1.54) is 120 Å². The normalized spacial score (nSPS) is 12.4. The number of halogens is 3. The molecule has 6 heteroatoms. The molecular weight excluding hydrogens is 999 g/mol. The van der Waals surface area contributed by atoms with Gasteiger partial charge in [-0.1, -0.05) is 115 Å². The summed E-state index contributed by atoms with van der Waals surface area (Å²) < 4.78 is 6.96. The second-order valence-electron chi connectivity index (χ2n) is 14.3. The van der Waals surface area contributed by atoms with Crippen molar-refractivity contribution in [3.63, 3.8) is 0 Å². The molecule has 0 spiro atoms. The number of benzene rings is 9. The fraction of sp³-hybridized carbons (Fsp3) is 0. The Morgan fingerprint density at radius 3 is 1.85 bits per heavy atom. The highest BCUT2D eigenvalue weighted by molar-refractivity contribution is 14.1. The van der Waals surface area contributed by atoms with Crippen LogP contribution in [0.5, 0.6) is 0 Å². The molecule has 0 aliphatic rings. The Hall–Kier alpha value is -4.65. The van der Waals surface area contributed by atoms with Crippen molar-refractivity contribution >= 4 is 166 Å². The van der Waals surface area contributed by atoms with Gasteiger partial charge in [-0.05, 0) is 91.6 Å². The van der Waals surface area contributed by atoms with Gasteiger partial charge in [-0.25, -0.2) is 0 Å². The lowest BCUT2D eigenvalue weighted by Crippen LogP contribution is -1.85. The molecule has 3 heterocycles. The molecule has 0 saturated heterocycles. The Kier molecular flexibility index (Phi) is 6.85. The smallest absolute Gasteiger partial charge is 0.0668 e. The molecule has 0 fully saturated rings. The van der Waals surface area contributed by atoms with Gasteiger partial charge in [0.1, 0.15) is 0 Å². The molecule has 0 radical (unpaired) electrons. The number of fused-ring (bicyclic) bond motifs is 14. The van der Waals surface area contributed by atoms with Crippen LogP contribution in [0.2, 0.25) is 0 Å². The molecule has 9 aromatic carbocycles. The zero-order valence-corrected chi connectivity index (χ0v) is 35.0. The van der Waals surface area contributed by atoms with Crippen LogP contribution in [0.4, 0.5) is 0 Å². The van der Waals surface area contributed by atoms with E-state index in [0.717, 1.165) is 0 Å². The van der Waals surface area contributed by atoms with Crippen molar-refractivity contribution in [3.05, 3.63) is 158 Å². The van der Waals surface area contributed by atoms with Crippen molar-refractivity contribution in [2.45, 2.75) is 0 Å². The third-order valence-corrected chi connectivity index (χ3v) is 14.6. The van der Waals surface area contributed by atoms with Gasteiger partial charge in [0, 0.05) is 37.7 Å². The molecule has 0 N–H and O–H groups in total. The minimum absolute atomic E-state index is 1.22. The zero-order valence-electron chi connectivity index (χ0n) is 28.5. The summed E-state index contributed by atoms with van der Waals surface area (Å²) in [6.07, 6.45) is 0. The minimum atomic E-state index is 1.22. The van der Waals surface area contributed by atoms with Gasteiger partial charge in [0.2, 0.25) is 0 Å². The molecule has 0 bridgehead atoms. The summed E-state index contributed by atoms with van der Waals surface area (Å²) in [6.45, 7) is 0. The van der Waals surface area contributed by atoms with Crippen LogP contribution < -0.4 is 0 Å².